The van der Waals surface area contributed by atoms with Crippen LogP contribution in [-0.4, -0.2) is 15.3 Å². The van der Waals surface area contributed by atoms with Crippen molar-refractivity contribution in [1.29, 1.82) is 0 Å². The van der Waals surface area contributed by atoms with Crippen molar-refractivity contribution < 1.29 is 0 Å². The lowest BCUT2D eigenvalue weighted by Gasteiger charge is -2.02. The molecule has 0 saturated carbocycles. The zero-order valence-corrected chi connectivity index (χ0v) is 8.77. The van der Waals surface area contributed by atoms with Crippen LogP contribution in [0.1, 0.15) is 12.6 Å². The Bertz CT molecular complexity index is 411. The monoisotopic (exact) mass is 212 g/mol. The summed E-state index contributed by atoms with van der Waals surface area (Å²) in [5.41, 5.74) is 2.08. The number of rotatable bonds is 2. The predicted octanol–water partition coefficient (Wildman–Crippen LogP) is 2.86. The normalized spacial score (nSPS) is 13.4. The summed E-state index contributed by atoms with van der Waals surface area (Å²) in [6.45, 7) is 1.98. The van der Waals surface area contributed by atoms with Gasteiger partial charge in [0.1, 0.15) is 6.33 Å². The number of alkyl halides is 1. The molecule has 2 aromatic heterocycles. The fourth-order valence-corrected chi connectivity index (χ4v) is 2.24. The zero-order valence-electron chi connectivity index (χ0n) is 7.20. The van der Waals surface area contributed by atoms with E-state index in [9.17, 15) is 0 Å². The molecule has 0 fully saturated rings. The van der Waals surface area contributed by atoms with Gasteiger partial charge < -0.3 is 0 Å². The third kappa shape index (κ3) is 1.81. The molecule has 0 aliphatic heterocycles. The number of aromatic nitrogens is 2. The maximum absolute atomic E-state index is 5.92. The van der Waals surface area contributed by atoms with E-state index >= 15 is 0 Å². The Balaban J connectivity index is 2.48. The molecule has 68 valence electrons. The van der Waals surface area contributed by atoms with Crippen molar-refractivity contribution in [2.45, 2.75) is 18.7 Å². The summed E-state index contributed by atoms with van der Waals surface area (Å²) in [7, 11) is 0. The summed E-state index contributed by atoms with van der Waals surface area (Å²) in [5, 5.41) is 2.15. The van der Waals surface area contributed by atoms with E-state index in [4.69, 9.17) is 11.6 Å². The molecule has 0 aliphatic carbocycles. The van der Waals surface area contributed by atoms with E-state index < -0.39 is 0 Å². The van der Waals surface area contributed by atoms with Crippen molar-refractivity contribution in [2.75, 3.05) is 0 Å². The van der Waals surface area contributed by atoms with Crippen molar-refractivity contribution in [3.8, 4) is 0 Å². The summed E-state index contributed by atoms with van der Waals surface area (Å²) in [5.74, 6) is 0. The highest BCUT2D eigenvalue weighted by Crippen LogP contribution is 2.22. The van der Waals surface area contributed by atoms with Gasteiger partial charge in [0.15, 0.2) is 0 Å². The maximum Gasteiger partial charge on any atom is 0.116 e. The summed E-state index contributed by atoms with van der Waals surface area (Å²) in [6.07, 6.45) is 2.41. The first-order valence-electron chi connectivity index (χ1n) is 4.08. The standard InChI is InChI=1S/C9H9ClN2S/c1-6(10)4-8-9-7(2-3-13-9)11-5-12-8/h2-3,5-6H,4H2,1H3. The number of halogens is 1. The molecule has 4 heteroatoms. The fourth-order valence-electron chi connectivity index (χ4n) is 1.25. The zero-order chi connectivity index (χ0) is 9.26. The van der Waals surface area contributed by atoms with Crippen LogP contribution in [0.25, 0.3) is 10.2 Å². The van der Waals surface area contributed by atoms with Crippen molar-refractivity contribution in [1.82, 2.24) is 9.97 Å². The Morgan fingerprint density at radius 2 is 2.38 bits per heavy atom. The number of fused-ring (bicyclic) bond motifs is 1. The first-order valence-corrected chi connectivity index (χ1v) is 5.40. The first kappa shape index (κ1) is 8.91. The van der Waals surface area contributed by atoms with Gasteiger partial charge in [0.05, 0.1) is 15.9 Å². The van der Waals surface area contributed by atoms with Crippen LogP contribution in [-0.2, 0) is 6.42 Å². The topological polar surface area (TPSA) is 25.8 Å². The third-order valence-corrected chi connectivity index (χ3v) is 2.90. The lowest BCUT2D eigenvalue weighted by Crippen LogP contribution is -2.00. The van der Waals surface area contributed by atoms with E-state index in [1.807, 2.05) is 18.4 Å². The van der Waals surface area contributed by atoms with Crippen LogP contribution in [0.15, 0.2) is 17.8 Å². The van der Waals surface area contributed by atoms with E-state index in [2.05, 4.69) is 9.97 Å². The molecule has 2 nitrogen and oxygen atoms in total. The molecule has 0 aromatic carbocycles. The van der Waals surface area contributed by atoms with Crippen LogP contribution >= 0.6 is 22.9 Å². The number of hydrogen-bond acceptors (Lipinski definition) is 3. The molecule has 1 unspecified atom stereocenters. The average Bonchev–Trinajstić information content (AvgIpc) is 2.51. The van der Waals surface area contributed by atoms with Gasteiger partial charge >= 0.3 is 0 Å². The summed E-state index contributed by atoms with van der Waals surface area (Å²) >= 11 is 7.60. The molecule has 0 bridgehead atoms. The van der Waals surface area contributed by atoms with E-state index in [0.717, 1.165) is 22.3 Å². The van der Waals surface area contributed by atoms with Crippen LogP contribution in [0.3, 0.4) is 0 Å². The van der Waals surface area contributed by atoms with Crippen LogP contribution in [0.4, 0.5) is 0 Å². The summed E-state index contributed by atoms with van der Waals surface area (Å²) in [6, 6.07) is 2.00. The second kappa shape index (κ2) is 3.60. The lowest BCUT2D eigenvalue weighted by atomic mass is 10.2. The smallest absolute Gasteiger partial charge is 0.116 e. The minimum Gasteiger partial charge on any atom is -0.240 e. The second-order valence-corrected chi connectivity index (χ2v) is 4.60. The van der Waals surface area contributed by atoms with Crippen LogP contribution in [0.5, 0.6) is 0 Å². The van der Waals surface area contributed by atoms with Crippen molar-refractivity contribution in [3.05, 3.63) is 23.5 Å². The van der Waals surface area contributed by atoms with Gasteiger partial charge in [0, 0.05) is 11.8 Å². The summed E-state index contributed by atoms with van der Waals surface area (Å²) < 4.78 is 1.16. The average molecular weight is 213 g/mol. The van der Waals surface area contributed by atoms with Gasteiger partial charge in [0.25, 0.3) is 0 Å². The van der Waals surface area contributed by atoms with Crippen LogP contribution < -0.4 is 0 Å². The SMILES string of the molecule is CC(Cl)Cc1ncnc2ccsc12. The van der Waals surface area contributed by atoms with Crippen molar-refractivity contribution >= 4 is 33.2 Å². The Hall–Kier alpha value is -0.670. The van der Waals surface area contributed by atoms with E-state index in [-0.39, 0.29) is 5.38 Å². The molecule has 1 atom stereocenters. The van der Waals surface area contributed by atoms with Crippen molar-refractivity contribution in [2.24, 2.45) is 0 Å². The molecule has 0 aliphatic rings. The number of thiophene rings is 1. The van der Waals surface area contributed by atoms with Gasteiger partial charge in [-0.3, -0.25) is 0 Å². The third-order valence-electron chi connectivity index (χ3n) is 1.79. The Kier molecular flexibility index (Phi) is 2.47. The molecule has 0 spiro atoms. The summed E-state index contributed by atoms with van der Waals surface area (Å²) in [4.78, 5) is 8.40. The molecular formula is C9H9ClN2S. The van der Waals surface area contributed by atoms with E-state index in [1.165, 1.54) is 0 Å². The molecular weight excluding hydrogens is 204 g/mol. The van der Waals surface area contributed by atoms with Gasteiger partial charge in [-0.1, -0.05) is 0 Å². The van der Waals surface area contributed by atoms with Crippen LogP contribution in [0, 0.1) is 0 Å². The molecule has 0 radical (unpaired) electrons. The predicted molar refractivity (Wildman–Crippen MR) is 56.4 cm³/mol. The Morgan fingerprint density at radius 1 is 1.54 bits per heavy atom. The van der Waals surface area contributed by atoms with Gasteiger partial charge in [0.2, 0.25) is 0 Å². The highest BCUT2D eigenvalue weighted by Gasteiger charge is 2.07. The fraction of sp³-hybridized carbons (Fsp3) is 0.333. The quantitative estimate of drug-likeness (QED) is 0.716. The Labute approximate surface area is 85.6 Å². The first-order chi connectivity index (χ1) is 6.27. The van der Waals surface area contributed by atoms with Gasteiger partial charge in [-0.15, -0.1) is 22.9 Å². The highest BCUT2D eigenvalue weighted by atomic mass is 35.5. The highest BCUT2D eigenvalue weighted by molar-refractivity contribution is 7.17. The van der Waals surface area contributed by atoms with Gasteiger partial charge in [-0.25, -0.2) is 9.97 Å². The Morgan fingerprint density at radius 3 is 3.15 bits per heavy atom. The number of hydrogen-bond donors (Lipinski definition) is 0. The largest absolute Gasteiger partial charge is 0.240 e. The minimum absolute atomic E-state index is 0.125. The molecule has 13 heavy (non-hydrogen) atoms. The molecule has 2 rings (SSSR count). The van der Waals surface area contributed by atoms with Gasteiger partial charge in [-0.2, -0.15) is 0 Å². The minimum atomic E-state index is 0.125. The number of nitrogens with zero attached hydrogens (tertiary/aromatic N) is 2. The molecule has 0 amide bonds. The van der Waals surface area contributed by atoms with E-state index in [1.54, 1.807) is 17.7 Å². The second-order valence-electron chi connectivity index (χ2n) is 2.94. The van der Waals surface area contributed by atoms with Gasteiger partial charge in [-0.05, 0) is 18.4 Å². The molecule has 0 saturated heterocycles. The van der Waals surface area contributed by atoms with E-state index in [0.29, 0.717) is 0 Å². The molecule has 2 aromatic rings. The van der Waals surface area contributed by atoms with Crippen LogP contribution in [0.2, 0.25) is 0 Å². The molecule has 2 heterocycles. The van der Waals surface area contributed by atoms with Crippen molar-refractivity contribution in [3.63, 3.8) is 0 Å². The lowest BCUT2D eigenvalue weighted by molar-refractivity contribution is 0.897. The molecule has 0 N–H and O–H groups in total. The maximum atomic E-state index is 5.92.